The van der Waals surface area contributed by atoms with Crippen LogP contribution in [0.15, 0.2) is 12.2 Å². The van der Waals surface area contributed by atoms with Crippen molar-refractivity contribution in [2.24, 2.45) is 0 Å². The fraction of sp³-hybridized carbons (Fsp3) is 0.900. The molecule has 0 aromatic carbocycles. The molecule has 0 aliphatic rings. The lowest BCUT2D eigenvalue weighted by atomic mass is 10.1. The van der Waals surface area contributed by atoms with Gasteiger partial charge < -0.3 is 33.5 Å². The minimum atomic E-state index is -0.138. The van der Waals surface area contributed by atoms with Gasteiger partial charge in [0.05, 0.1) is 72.7 Å². The Morgan fingerprint density at radius 3 is 1.39 bits per heavy atom. The molecule has 8 nitrogen and oxygen atoms in total. The summed E-state index contributed by atoms with van der Waals surface area (Å²) in [5, 5.41) is 8.57. The Hall–Kier alpha value is -1.03. The summed E-state index contributed by atoms with van der Waals surface area (Å²) in [6.45, 7) is 7.20. The van der Waals surface area contributed by atoms with Crippen molar-refractivity contribution < 1.29 is 38.3 Å². The fourth-order valence-corrected chi connectivity index (χ4v) is 3.67. The lowest BCUT2D eigenvalue weighted by Gasteiger charge is -2.08. The van der Waals surface area contributed by atoms with Crippen molar-refractivity contribution in [3.8, 4) is 0 Å². The molecule has 38 heavy (non-hydrogen) atoms. The predicted molar refractivity (Wildman–Crippen MR) is 152 cm³/mol. The largest absolute Gasteiger partial charge is 0.463 e. The second kappa shape index (κ2) is 34.0. The van der Waals surface area contributed by atoms with E-state index in [9.17, 15) is 4.79 Å². The van der Waals surface area contributed by atoms with Crippen LogP contribution in [0.5, 0.6) is 0 Å². The summed E-state index contributed by atoms with van der Waals surface area (Å²) < 4.78 is 31.8. The monoisotopic (exact) mass is 546 g/mol. The maximum atomic E-state index is 11.8. The van der Waals surface area contributed by atoms with Crippen molar-refractivity contribution in [1.82, 2.24) is 0 Å². The van der Waals surface area contributed by atoms with Gasteiger partial charge in [0.2, 0.25) is 0 Å². The first-order valence-electron chi connectivity index (χ1n) is 15.1. The Kier molecular flexibility index (Phi) is 33.1. The van der Waals surface area contributed by atoms with Gasteiger partial charge in [0.15, 0.2) is 0 Å². The minimum absolute atomic E-state index is 0.0277. The van der Waals surface area contributed by atoms with E-state index in [0.29, 0.717) is 72.5 Å². The van der Waals surface area contributed by atoms with E-state index in [-0.39, 0.29) is 19.2 Å². The van der Waals surface area contributed by atoms with Crippen LogP contribution in [0.3, 0.4) is 0 Å². The van der Waals surface area contributed by atoms with Crippen LogP contribution in [0, 0.1) is 0 Å². The molecule has 0 aliphatic carbocycles. The van der Waals surface area contributed by atoms with Gasteiger partial charge in [-0.3, -0.25) is 4.79 Å². The molecule has 0 radical (unpaired) electrons. The minimum Gasteiger partial charge on any atom is -0.463 e. The quantitative estimate of drug-likeness (QED) is 0.0658. The number of esters is 1. The van der Waals surface area contributed by atoms with Crippen LogP contribution in [0.2, 0.25) is 0 Å². The normalized spacial score (nSPS) is 11.5. The smallest absolute Gasteiger partial charge is 0.305 e. The van der Waals surface area contributed by atoms with Gasteiger partial charge in [-0.1, -0.05) is 70.4 Å². The summed E-state index contributed by atoms with van der Waals surface area (Å²) in [7, 11) is 0. The first-order valence-corrected chi connectivity index (χ1v) is 15.1. The van der Waals surface area contributed by atoms with Crippen LogP contribution in [0.1, 0.15) is 96.8 Å². The van der Waals surface area contributed by atoms with E-state index in [1.54, 1.807) is 0 Å². The van der Waals surface area contributed by atoms with E-state index >= 15 is 0 Å². The molecule has 0 saturated carbocycles. The molecule has 0 aromatic rings. The average molecular weight is 547 g/mol. The number of rotatable bonds is 32. The number of allylic oxidation sites excluding steroid dienone is 2. The third kappa shape index (κ3) is 33.0. The van der Waals surface area contributed by atoms with E-state index in [2.05, 4.69) is 19.1 Å². The SMILES string of the molecule is CCCCCCCC/C=C\CCCCCCCC(=O)OCCOCCOCCOCCOCCOCCO. The van der Waals surface area contributed by atoms with Gasteiger partial charge >= 0.3 is 5.97 Å². The van der Waals surface area contributed by atoms with E-state index in [0.717, 1.165) is 12.8 Å². The van der Waals surface area contributed by atoms with Gasteiger partial charge in [-0.2, -0.15) is 0 Å². The summed E-state index contributed by atoms with van der Waals surface area (Å²) in [4.78, 5) is 11.8. The molecule has 226 valence electrons. The van der Waals surface area contributed by atoms with Crippen LogP contribution in [-0.4, -0.2) is 90.4 Å². The summed E-state index contributed by atoms with van der Waals surface area (Å²) in [6.07, 6.45) is 21.4. The Balaban J connectivity index is 3.18. The zero-order valence-electron chi connectivity index (χ0n) is 24.3. The number of hydrogen-bond donors (Lipinski definition) is 1. The number of carbonyl (C=O) groups is 1. The zero-order chi connectivity index (χ0) is 27.6. The average Bonchev–Trinajstić information content (AvgIpc) is 2.92. The maximum absolute atomic E-state index is 11.8. The van der Waals surface area contributed by atoms with Crippen molar-refractivity contribution in [2.45, 2.75) is 96.8 Å². The molecule has 0 unspecified atom stereocenters. The molecule has 0 atom stereocenters. The van der Waals surface area contributed by atoms with Crippen LogP contribution < -0.4 is 0 Å². The van der Waals surface area contributed by atoms with Crippen molar-refractivity contribution in [1.29, 1.82) is 0 Å². The summed E-state index contributed by atoms with van der Waals surface area (Å²) in [5.41, 5.74) is 0. The molecule has 0 spiro atoms. The number of unbranched alkanes of at least 4 members (excludes halogenated alkanes) is 11. The highest BCUT2D eigenvalue weighted by Crippen LogP contribution is 2.10. The second-order valence-corrected chi connectivity index (χ2v) is 9.34. The Labute approximate surface area is 232 Å². The zero-order valence-corrected chi connectivity index (χ0v) is 24.3. The van der Waals surface area contributed by atoms with Crippen molar-refractivity contribution in [3.63, 3.8) is 0 Å². The van der Waals surface area contributed by atoms with Crippen LogP contribution in [0.25, 0.3) is 0 Å². The van der Waals surface area contributed by atoms with Crippen molar-refractivity contribution in [3.05, 3.63) is 12.2 Å². The molecule has 0 saturated heterocycles. The number of carbonyl (C=O) groups excluding carboxylic acids is 1. The van der Waals surface area contributed by atoms with Gasteiger partial charge in [-0.15, -0.1) is 0 Å². The Morgan fingerprint density at radius 1 is 0.526 bits per heavy atom. The lowest BCUT2D eigenvalue weighted by Crippen LogP contribution is -2.15. The second-order valence-electron chi connectivity index (χ2n) is 9.34. The lowest BCUT2D eigenvalue weighted by molar-refractivity contribution is -0.145. The maximum Gasteiger partial charge on any atom is 0.305 e. The topological polar surface area (TPSA) is 92.7 Å². The molecule has 0 heterocycles. The van der Waals surface area contributed by atoms with E-state index < -0.39 is 0 Å². The summed E-state index contributed by atoms with van der Waals surface area (Å²) >= 11 is 0. The summed E-state index contributed by atoms with van der Waals surface area (Å²) in [5.74, 6) is -0.138. The third-order valence-corrected chi connectivity index (χ3v) is 5.86. The third-order valence-electron chi connectivity index (χ3n) is 5.86. The number of ether oxygens (including phenoxy) is 6. The number of aliphatic hydroxyl groups is 1. The molecular weight excluding hydrogens is 488 g/mol. The Bertz CT molecular complexity index is 487. The molecule has 0 amide bonds. The highest BCUT2D eigenvalue weighted by atomic mass is 16.6. The molecular formula is C30H58O8. The first-order chi connectivity index (χ1) is 18.8. The van der Waals surface area contributed by atoms with E-state index in [4.69, 9.17) is 33.5 Å². The molecule has 0 aliphatic heterocycles. The van der Waals surface area contributed by atoms with Gasteiger partial charge in [0.25, 0.3) is 0 Å². The van der Waals surface area contributed by atoms with Gasteiger partial charge in [-0.05, 0) is 32.1 Å². The van der Waals surface area contributed by atoms with Crippen LogP contribution in [0.4, 0.5) is 0 Å². The Morgan fingerprint density at radius 2 is 0.921 bits per heavy atom. The first kappa shape index (κ1) is 37.0. The van der Waals surface area contributed by atoms with Crippen molar-refractivity contribution in [2.75, 3.05) is 79.3 Å². The standard InChI is InChI=1S/C30H58O8/c1-2-3-4-5-6-7-8-9-10-11-12-13-14-15-16-17-30(32)38-29-28-37-27-26-36-25-24-35-23-22-34-21-20-33-19-18-31/h9-10,31H,2-8,11-29H2,1H3/b10-9-. The molecule has 0 rings (SSSR count). The highest BCUT2D eigenvalue weighted by Gasteiger charge is 2.02. The highest BCUT2D eigenvalue weighted by molar-refractivity contribution is 5.69. The number of aliphatic hydroxyl groups excluding tert-OH is 1. The predicted octanol–water partition coefficient (Wildman–Crippen LogP) is 5.64. The van der Waals surface area contributed by atoms with Crippen molar-refractivity contribution >= 4 is 5.97 Å². The van der Waals surface area contributed by atoms with Gasteiger partial charge in [0.1, 0.15) is 6.61 Å². The molecule has 0 aromatic heterocycles. The van der Waals surface area contributed by atoms with E-state index in [1.165, 1.54) is 70.6 Å². The number of hydrogen-bond acceptors (Lipinski definition) is 8. The van der Waals surface area contributed by atoms with Gasteiger partial charge in [0, 0.05) is 6.42 Å². The molecule has 8 heteroatoms. The molecule has 0 bridgehead atoms. The molecule has 0 fully saturated rings. The van der Waals surface area contributed by atoms with Crippen LogP contribution in [-0.2, 0) is 33.2 Å². The van der Waals surface area contributed by atoms with Crippen LogP contribution >= 0.6 is 0 Å². The fourth-order valence-electron chi connectivity index (χ4n) is 3.67. The van der Waals surface area contributed by atoms with E-state index in [1.807, 2.05) is 0 Å². The van der Waals surface area contributed by atoms with Gasteiger partial charge in [-0.25, -0.2) is 0 Å². The summed E-state index contributed by atoms with van der Waals surface area (Å²) in [6, 6.07) is 0. The molecule has 1 N–H and O–H groups in total.